The second kappa shape index (κ2) is 11.7. The van der Waals surface area contributed by atoms with E-state index < -0.39 is 34.8 Å². The summed E-state index contributed by atoms with van der Waals surface area (Å²) in [6, 6.07) is 21.9. The smallest absolute Gasteiger partial charge is 0.408 e. The molecular formula is C32H34FN3O4. The lowest BCUT2D eigenvalue weighted by atomic mass is 10.0. The molecule has 0 aliphatic carbocycles. The van der Waals surface area contributed by atoms with E-state index in [0.717, 1.165) is 15.7 Å². The first-order valence-corrected chi connectivity index (χ1v) is 13.1. The number of alkyl carbamates (subject to hydrolysis) is 1. The fourth-order valence-electron chi connectivity index (χ4n) is 4.63. The van der Waals surface area contributed by atoms with Gasteiger partial charge in [0.25, 0.3) is 5.56 Å². The normalized spacial score (nSPS) is 12.2. The van der Waals surface area contributed by atoms with Crippen molar-refractivity contribution in [2.75, 3.05) is 0 Å². The number of nitrogens with one attached hydrogen (secondary N) is 1. The quantitative estimate of drug-likeness (QED) is 0.322. The van der Waals surface area contributed by atoms with Crippen LogP contribution >= 0.6 is 0 Å². The van der Waals surface area contributed by atoms with Gasteiger partial charge in [-0.15, -0.1) is 0 Å². The molecule has 0 aliphatic rings. The largest absolute Gasteiger partial charge is 0.444 e. The monoisotopic (exact) mass is 543 g/mol. The maximum atomic E-state index is 15.0. The SMILES string of the molecule is Cc1ccccc1Cn1c(C)c(-c2ccccc2F)c(=O)n(C[C@H](NC(=O)OC(C)(C)C)c2ccccc2)c1=O. The molecule has 0 unspecified atom stereocenters. The second-order valence-corrected chi connectivity index (χ2v) is 10.8. The molecule has 1 N–H and O–H groups in total. The van der Waals surface area contributed by atoms with Crippen LogP contribution in [-0.2, 0) is 17.8 Å². The number of aromatic nitrogens is 2. The molecule has 208 valence electrons. The van der Waals surface area contributed by atoms with Crippen molar-refractivity contribution in [3.63, 3.8) is 0 Å². The minimum Gasteiger partial charge on any atom is -0.444 e. The van der Waals surface area contributed by atoms with Crippen LogP contribution in [0.1, 0.15) is 49.2 Å². The number of ether oxygens (including phenoxy) is 1. The van der Waals surface area contributed by atoms with E-state index in [9.17, 15) is 14.4 Å². The first-order chi connectivity index (χ1) is 19.0. The third-order valence-corrected chi connectivity index (χ3v) is 6.68. The van der Waals surface area contributed by atoms with Crippen molar-refractivity contribution < 1.29 is 13.9 Å². The number of hydrogen-bond acceptors (Lipinski definition) is 4. The number of carbonyl (C=O) groups excluding carboxylic acids is 1. The highest BCUT2D eigenvalue weighted by atomic mass is 19.1. The molecular weight excluding hydrogens is 509 g/mol. The summed E-state index contributed by atoms with van der Waals surface area (Å²) in [6.07, 6.45) is -0.684. The maximum Gasteiger partial charge on any atom is 0.408 e. The molecule has 0 saturated carbocycles. The van der Waals surface area contributed by atoms with E-state index in [-0.39, 0.29) is 24.2 Å². The van der Waals surface area contributed by atoms with E-state index in [1.165, 1.54) is 16.7 Å². The molecule has 8 heteroatoms. The van der Waals surface area contributed by atoms with Crippen LogP contribution in [0.5, 0.6) is 0 Å². The van der Waals surface area contributed by atoms with Gasteiger partial charge in [-0.05, 0) is 57.4 Å². The van der Waals surface area contributed by atoms with Crippen LogP contribution in [0, 0.1) is 19.7 Å². The summed E-state index contributed by atoms with van der Waals surface area (Å²) in [4.78, 5) is 40.7. The van der Waals surface area contributed by atoms with Crippen LogP contribution in [0.3, 0.4) is 0 Å². The third kappa shape index (κ3) is 6.39. The van der Waals surface area contributed by atoms with Gasteiger partial charge in [-0.3, -0.25) is 13.9 Å². The Morgan fingerprint density at radius 2 is 1.52 bits per heavy atom. The highest BCUT2D eigenvalue weighted by Gasteiger charge is 2.25. The number of halogens is 1. The van der Waals surface area contributed by atoms with Gasteiger partial charge in [0.05, 0.1) is 24.7 Å². The van der Waals surface area contributed by atoms with Gasteiger partial charge in [0.15, 0.2) is 0 Å². The van der Waals surface area contributed by atoms with Gasteiger partial charge in [-0.25, -0.2) is 14.0 Å². The average Bonchev–Trinajstić information content (AvgIpc) is 2.90. The molecule has 0 radical (unpaired) electrons. The second-order valence-electron chi connectivity index (χ2n) is 10.8. The fraction of sp³-hybridized carbons (Fsp3) is 0.281. The summed E-state index contributed by atoms with van der Waals surface area (Å²) in [5, 5.41) is 2.81. The molecule has 1 amide bonds. The molecule has 0 bridgehead atoms. The van der Waals surface area contributed by atoms with Crippen LogP contribution in [0.25, 0.3) is 11.1 Å². The van der Waals surface area contributed by atoms with Crippen LogP contribution < -0.4 is 16.6 Å². The number of carbonyl (C=O) groups is 1. The average molecular weight is 544 g/mol. The number of rotatable bonds is 7. The van der Waals surface area contributed by atoms with Gasteiger partial charge in [0.1, 0.15) is 11.4 Å². The summed E-state index contributed by atoms with van der Waals surface area (Å²) in [6.45, 7) is 8.85. The standard InChI is InChI=1S/C32H34FN3O4/c1-21-13-9-10-16-24(21)19-35-22(2)28(25-17-11-12-18-26(25)33)29(37)36(31(35)39)20-27(23-14-7-6-8-15-23)34-30(38)40-32(3,4)5/h6-18,27H,19-20H2,1-5H3,(H,34,38)/t27-/m0/s1. The van der Waals surface area contributed by atoms with E-state index in [4.69, 9.17) is 4.74 Å². The maximum absolute atomic E-state index is 15.0. The summed E-state index contributed by atoms with van der Waals surface area (Å²) in [7, 11) is 0. The van der Waals surface area contributed by atoms with Gasteiger partial charge in [-0.2, -0.15) is 0 Å². The minimum atomic E-state index is -0.774. The molecule has 0 spiro atoms. The molecule has 1 atom stereocenters. The van der Waals surface area contributed by atoms with Gasteiger partial charge < -0.3 is 10.1 Å². The van der Waals surface area contributed by atoms with Crippen LogP contribution in [0.2, 0.25) is 0 Å². The van der Waals surface area contributed by atoms with Gasteiger partial charge in [-0.1, -0.05) is 72.8 Å². The minimum absolute atomic E-state index is 0.0929. The fourth-order valence-corrected chi connectivity index (χ4v) is 4.63. The lowest BCUT2D eigenvalue weighted by Crippen LogP contribution is -2.46. The summed E-state index contributed by atoms with van der Waals surface area (Å²) in [5.41, 5.74) is 1.16. The molecule has 1 aromatic heterocycles. The Labute approximate surface area is 232 Å². The van der Waals surface area contributed by atoms with Crippen LogP contribution in [-0.4, -0.2) is 20.8 Å². The highest BCUT2D eigenvalue weighted by Crippen LogP contribution is 2.24. The number of nitrogens with zero attached hydrogens (tertiary/aromatic N) is 2. The predicted molar refractivity (Wildman–Crippen MR) is 154 cm³/mol. The molecule has 0 fully saturated rings. The highest BCUT2D eigenvalue weighted by molar-refractivity contribution is 5.68. The van der Waals surface area contributed by atoms with Crippen molar-refractivity contribution >= 4 is 6.09 Å². The Morgan fingerprint density at radius 1 is 0.900 bits per heavy atom. The van der Waals surface area contributed by atoms with Crippen molar-refractivity contribution in [1.82, 2.24) is 14.5 Å². The Balaban J connectivity index is 1.90. The third-order valence-electron chi connectivity index (χ3n) is 6.68. The molecule has 3 aromatic carbocycles. The molecule has 0 aliphatic heterocycles. The first kappa shape index (κ1) is 28.5. The van der Waals surface area contributed by atoms with E-state index in [1.807, 2.05) is 37.3 Å². The number of amides is 1. The number of hydrogen-bond donors (Lipinski definition) is 1. The zero-order valence-corrected chi connectivity index (χ0v) is 23.4. The summed E-state index contributed by atoms with van der Waals surface area (Å²) >= 11 is 0. The lowest BCUT2D eigenvalue weighted by Gasteiger charge is -2.25. The van der Waals surface area contributed by atoms with Gasteiger partial charge >= 0.3 is 11.8 Å². The van der Waals surface area contributed by atoms with Gasteiger partial charge in [0, 0.05) is 11.3 Å². The van der Waals surface area contributed by atoms with Crippen molar-refractivity contribution in [1.29, 1.82) is 0 Å². The van der Waals surface area contributed by atoms with Crippen LogP contribution in [0.4, 0.5) is 9.18 Å². The number of aryl methyl sites for hydroxylation is 1. The number of benzene rings is 3. The zero-order chi connectivity index (χ0) is 29.0. The lowest BCUT2D eigenvalue weighted by molar-refractivity contribution is 0.0497. The zero-order valence-electron chi connectivity index (χ0n) is 23.4. The van der Waals surface area contributed by atoms with Crippen LogP contribution in [0.15, 0.2) is 88.5 Å². The topological polar surface area (TPSA) is 82.3 Å². The van der Waals surface area contributed by atoms with Crippen molar-refractivity contribution in [2.45, 2.75) is 59.4 Å². The van der Waals surface area contributed by atoms with E-state index in [0.29, 0.717) is 11.3 Å². The van der Waals surface area contributed by atoms with E-state index in [2.05, 4.69) is 5.32 Å². The van der Waals surface area contributed by atoms with Crippen molar-refractivity contribution in [3.8, 4) is 11.1 Å². The first-order valence-electron chi connectivity index (χ1n) is 13.1. The molecule has 1 heterocycles. The molecule has 4 rings (SSSR count). The molecule has 7 nitrogen and oxygen atoms in total. The predicted octanol–water partition coefficient (Wildman–Crippen LogP) is 5.75. The Morgan fingerprint density at radius 3 is 2.17 bits per heavy atom. The van der Waals surface area contributed by atoms with Crippen molar-refractivity contribution in [3.05, 3.63) is 128 Å². The molecule has 4 aromatic rings. The Hall–Kier alpha value is -4.46. The molecule has 0 saturated heterocycles. The Bertz CT molecular complexity index is 1630. The van der Waals surface area contributed by atoms with E-state index in [1.54, 1.807) is 64.1 Å². The van der Waals surface area contributed by atoms with E-state index >= 15 is 4.39 Å². The van der Waals surface area contributed by atoms with Crippen molar-refractivity contribution in [2.24, 2.45) is 0 Å². The Kier molecular flexibility index (Phi) is 8.38. The summed E-state index contributed by atoms with van der Waals surface area (Å²) < 4.78 is 23.1. The van der Waals surface area contributed by atoms with Gasteiger partial charge in [0.2, 0.25) is 0 Å². The summed E-state index contributed by atoms with van der Waals surface area (Å²) in [5.74, 6) is -0.568. The molecule has 40 heavy (non-hydrogen) atoms.